The summed E-state index contributed by atoms with van der Waals surface area (Å²) in [5.41, 5.74) is 2.83. The molecule has 2 atom stereocenters. The second-order valence-electron chi connectivity index (χ2n) is 5.54. The van der Waals surface area contributed by atoms with Gasteiger partial charge in [0.2, 0.25) is 0 Å². The fourth-order valence-electron chi connectivity index (χ4n) is 2.80. The van der Waals surface area contributed by atoms with Crippen LogP contribution in [0.3, 0.4) is 0 Å². The van der Waals surface area contributed by atoms with Crippen LogP contribution in [0.4, 0.5) is 0 Å². The second-order valence-corrected chi connectivity index (χ2v) is 5.54. The van der Waals surface area contributed by atoms with E-state index in [0.717, 1.165) is 25.1 Å². The summed E-state index contributed by atoms with van der Waals surface area (Å²) in [5, 5.41) is 12.6. The molecule has 2 unspecified atom stereocenters. The summed E-state index contributed by atoms with van der Waals surface area (Å²) in [6.45, 7) is 3.43. The number of methoxy groups -OCH3 is 1. The molecule has 1 aromatic rings. The summed E-state index contributed by atoms with van der Waals surface area (Å²) in [6.07, 6.45) is 4.45. The number of aryl methyl sites for hydroxylation is 1. The van der Waals surface area contributed by atoms with E-state index in [4.69, 9.17) is 9.84 Å². The first kappa shape index (κ1) is 14.4. The Hall–Kier alpha value is -1.06. The van der Waals surface area contributed by atoms with E-state index in [2.05, 4.69) is 30.4 Å². The smallest absolute Gasteiger partial charge is 0.119 e. The van der Waals surface area contributed by atoms with Gasteiger partial charge in [-0.15, -0.1) is 0 Å². The molecule has 2 rings (SSSR count). The number of hydrogen-bond donors (Lipinski definition) is 2. The van der Waals surface area contributed by atoms with Crippen molar-refractivity contribution in [1.29, 1.82) is 0 Å². The summed E-state index contributed by atoms with van der Waals surface area (Å²) in [7, 11) is 1.72. The van der Waals surface area contributed by atoms with E-state index in [1.54, 1.807) is 7.11 Å². The van der Waals surface area contributed by atoms with Crippen LogP contribution in [0.1, 0.15) is 43.4 Å². The van der Waals surface area contributed by atoms with Crippen molar-refractivity contribution in [3.8, 4) is 5.75 Å². The number of rotatable bonds is 6. The average Bonchev–Trinajstić information content (AvgIpc) is 2.44. The zero-order valence-electron chi connectivity index (χ0n) is 12.0. The molecular weight excluding hydrogens is 238 g/mol. The van der Waals surface area contributed by atoms with Gasteiger partial charge in [-0.1, -0.05) is 13.0 Å². The van der Waals surface area contributed by atoms with Gasteiger partial charge in [0.15, 0.2) is 0 Å². The normalized spacial score (nSPS) is 19.8. The topological polar surface area (TPSA) is 41.5 Å². The minimum Gasteiger partial charge on any atom is -0.497 e. The number of ether oxygens (including phenoxy) is 1. The first-order valence-corrected chi connectivity index (χ1v) is 7.25. The molecule has 3 heteroatoms. The van der Waals surface area contributed by atoms with Crippen LogP contribution in [0.15, 0.2) is 18.2 Å². The van der Waals surface area contributed by atoms with E-state index in [-0.39, 0.29) is 6.61 Å². The summed E-state index contributed by atoms with van der Waals surface area (Å²) in [6, 6.07) is 6.87. The van der Waals surface area contributed by atoms with Gasteiger partial charge in [-0.3, -0.25) is 0 Å². The van der Waals surface area contributed by atoms with E-state index in [0.29, 0.717) is 12.0 Å². The molecule has 1 aromatic carbocycles. The molecular formula is C16H25NO2. The highest BCUT2D eigenvalue weighted by Gasteiger charge is 2.20. The van der Waals surface area contributed by atoms with Crippen molar-refractivity contribution in [1.82, 2.24) is 5.32 Å². The molecule has 0 saturated heterocycles. The highest BCUT2D eigenvalue weighted by molar-refractivity contribution is 5.39. The monoisotopic (exact) mass is 263 g/mol. The van der Waals surface area contributed by atoms with E-state index >= 15 is 0 Å². The van der Waals surface area contributed by atoms with Crippen LogP contribution in [0.5, 0.6) is 5.75 Å². The van der Waals surface area contributed by atoms with E-state index in [1.165, 1.54) is 24.0 Å². The summed E-state index contributed by atoms with van der Waals surface area (Å²) < 4.78 is 5.30. The number of aliphatic hydroxyl groups excluding tert-OH is 1. The largest absolute Gasteiger partial charge is 0.497 e. The predicted molar refractivity (Wildman–Crippen MR) is 77.5 cm³/mol. The van der Waals surface area contributed by atoms with Crippen molar-refractivity contribution >= 4 is 0 Å². The molecule has 19 heavy (non-hydrogen) atoms. The standard InChI is InChI=1S/C16H25NO2/c1-12(8-9-18)11-17-16-5-3-4-13-10-14(19-2)6-7-15(13)16/h6-7,10,12,16-18H,3-5,8-9,11H2,1-2H3. The Bertz CT molecular complexity index is 406. The van der Waals surface area contributed by atoms with Crippen molar-refractivity contribution < 1.29 is 9.84 Å². The van der Waals surface area contributed by atoms with Crippen molar-refractivity contribution in [2.75, 3.05) is 20.3 Å². The molecule has 0 fully saturated rings. The van der Waals surface area contributed by atoms with Gasteiger partial charge in [-0.25, -0.2) is 0 Å². The molecule has 0 spiro atoms. The molecule has 0 heterocycles. The van der Waals surface area contributed by atoms with Crippen molar-refractivity contribution in [3.05, 3.63) is 29.3 Å². The highest BCUT2D eigenvalue weighted by atomic mass is 16.5. The Morgan fingerprint density at radius 1 is 1.47 bits per heavy atom. The fourth-order valence-corrected chi connectivity index (χ4v) is 2.80. The molecule has 106 valence electrons. The zero-order chi connectivity index (χ0) is 13.7. The first-order valence-electron chi connectivity index (χ1n) is 7.25. The molecule has 0 aromatic heterocycles. The van der Waals surface area contributed by atoms with Crippen LogP contribution < -0.4 is 10.1 Å². The lowest BCUT2D eigenvalue weighted by Crippen LogP contribution is -2.29. The van der Waals surface area contributed by atoms with Crippen LogP contribution in [0.25, 0.3) is 0 Å². The molecule has 2 N–H and O–H groups in total. The van der Waals surface area contributed by atoms with Gasteiger partial charge < -0.3 is 15.2 Å². The average molecular weight is 263 g/mol. The third kappa shape index (κ3) is 3.71. The maximum Gasteiger partial charge on any atom is 0.119 e. The van der Waals surface area contributed by atoms with Crippen molar-refractivity contribution in [2.24, 2.45) is 5.92 Å². The zero-order valence-corrected chi connectivity index (χ0v) is 12.0. The van der Waals surface area contributed by atoms with Crippen LogP contribution in [-0.2, 0) is 6.42 Å². The van der Waals surface area contributed by atoms with Gasteiger partial charge in [-0.2, -0.15) is 0 Å². The van der Waals surface area contributed by atoms with Gasteiger partial charge in [0.25, 0.3) is 0 Å². The van der Waals surface area contributed by atoms with Gasteiger partial charge >= 0.3 is 0 Å². The molecule has 1 aliphatic rings. The van der Waals surface area contributed by atoms with Gasteiger partial charge in [-0.05, 0) is 61.4 Å². The minimum atomic E-state index is 0.279. The summed E-state index contributed by atoms with van der Waals surface area (Å²) in [5.74, 6) is 1.47. The number of nitrogens with one attached hydrogen (secondary N) is 1. The number of hydrogen-bond acceptors (Lipinski definition) is 3. The number of aliphatic hydroxyl groups is 1. The Morgan fingerprint density at radius 3 is 3.05 bits per heavy atom. The molecule has 0 bridgehead atoms. The number of benzene rings is 1. The molecule has 0 saturated carbocycles. The van der Waals surface area contributed by atoms with Gasteiger partial charge in [0.05, 0.1) is 7.11 Å². The van der Waals surface area contributed by atoms with Gasteiger partial charge in [0.1, 0.15) is 5.75 Å². The van der Waals surface area contributed by atoms with E-state index in [1.807, 2.05) is 0 Å². The quantitative estimate of drug-likeness (QED) is 0.829. The molecule has 0 aliphatic heterocycles. The Labute approximate surface area is 116 Å². The molecule has 3 nitrogen and oxygen atoms in total. The minimum absolute atomic E-state index is 0.279. The molecule has 0 amide bonds. The second kappa shape index (κ2) is 6.92. The van der Waals surface area contributed by atoms with Crippen LogP contribution in [0.2, 0.25) is 0 Å². The SMILES string of the molecule is COc1ccc2c(c1)CCCC2NCC(C)CCO. The number of fused-ring (bicyclic) bond motifs is 1. The van der Waals surface area contributed by atoms with Crippen molar-refractivity contribution in [2.45, 2.75) is 38.6 Å². The molecule has 0 radical (unpaired) electrons. The summed E-state index contributed by atoms with van der Waals surface area (Å²) in [4.78, 5) is 0. The lowest BCUT2D eigenvalue weighted by atomic mass is 9.87. The maximum atomic E-state index is 8.95. The van der Waals surface area contributed by atoms with Gasteiger partial charge in [0, 0.05) is 12.6 Å². The van der Waals surface area contributed by atoms with Crippen LogP contribution >= 0.6 is 0 Å². The Balaban J connectivity index is 2.01. The predicted octanol–water partition coefficient (Wildman–Crippen LogP) is 2.68. The fraction of sp³-hybridized carbons (Fsp3) is 0.625. The van der Waals surface area contributed by atoms with Crippen LogP contribution in [-0.4, -0.2) is 25.4 Å². The highest BCUT2D eigenvalue weighted by Crippen LogP contribution is 2.32. The van der Waals surface area contributed by atoms with E-state index in [9.17, 15) is 0 Å². The Morgan fingerprint density at radius 2 is 2.32 bits per heavy atom. The Kier molecular flexibility index (Phi) is 5.23. The van der Waals surface area contributed by atoms with Crippen LogP contribution in [0, 0.1) is 5.92 Å². The lowest BCUT2D eigenvalue weighted by molar-refractivity contribution is 0.256. The maximum absolute atomic E-state index is 8.95. The summed E-state index contributed by atoms with van der Waals surface area (Å²) >= 11 is 0. The third-order valence-corrected chi connectivity index (χ3v) is 4.00. The van der Waals surface area contributed by atoms with Crippen molar-refractivity contribution in [3.63, 3.8) is 0 Å². The first-order chi connectivity index (χ1) is 9.24. The van der Waals surface area contributed by atoms with E-state index < -0.39 is 0 Å². The lowest BCUT2D eigenvalue weighted by Gasteiger charge is -2.28. The third-order valence-electron chi connectivity index (χ3n) is 4.00. The molecule has 1 aliphatic carbocycles.